The molecule has 0 saturated carbocycles. The van der Waals surface area contributed by atoms with Crippen LogP contribution in [0.3, 0.4) is 0 Å². The van der Waals surface area contributed by atoms with Crippen molar-refractivity contribution in [3.63, 3.8) is 0 Å². The zero-order chi connectivity index (χ0) is 24.4. The smallest absolute Gasteiger partial charge is 0.272 e. The first-order valence-electron chi connectivity index (χ1n) is 10.2. The minimum atomic E-state index is -0.372. The van der Waals surface area contributed by atoms with Crippen LogP contribution in [0.4, 0.5) is 17.1 Å². The normalized spacial score (nSPS) is 10.8. The fourth-order valence-electron chi connectivity index (χ4n) is 3.49. The van der Waals surface area contributed by atoms with Crippen LogP contribution in [0.1, 0.15) is 31.5 Å². The van der Waals surface area contributed by atoms with Crippen molar-refractivity contribution in [1.82, 2.24) is 23.3 Å². The van der Waals surface area contributed by atoms with Crippen molar-refractivity contribution in [2.45, 2.75) is 0 Å². The maximum Gasteiger partial charge on any atom is 0.272 e. The fraction of sp³-hybridized carbons (Fsp3) is 0.130. The molecule has 1 radical (unpaired) electrons. The van der Waals surface area contributed by atoms with E-state index in [4.69, 9.17) is 5.73 Å². The molecule has 11 nitrogen and oxygen atoms in total. The summed E-state index contributed by atoms with van der Waals surface area (Å²) >= 11 is 0. The molecule has 177 valence electrons. The average Bonchev–Trinajstić information content (AvgIpc) is 3.55. The van der Waals surface area contributed by atoms with Gasteiger partial charge in [0.05, 0.1) is 11.4 Å². The first-order chi connectivity index (χ1) is 16.2. The van der Waals surface area contributed by atoms with Crippen molar-refractivity contribution in [2.75, 3.05) is 10.6 Å². The van der Waals surface area contributed by atoms with Gasteiger partial charge in [0.2, 0.25) is 0 Å². The SMILES string of the molecule is Cn1cc(NC(=O)c2cc(NC(=O)c3cc([NH-])cn3C)cn2C)cc1/C=C/C(=O)n1ccnc1.[Ac]. The summed E-state index contributed by atoms with van der Waals surface area (Å²) in [5, 5.41) is 5.58. The molecule has 12 heteroatoms. The molecule has 4 rings (SSSR count). The van der Waals surface area contributed by atoms with E-state index in [0.717, 1.165) is 5.69 Å². The minimum absolute atomic E-state index is 0. The van der Waals surface area contributed by atoms with Crippen LogP contribution in [0.2, 0.25) is 0 Å². The second-order valence-corrected chi connectivity index (χ2v) is 7.76. The Morgan fingerprint density at radius 2 is 1.49 bits per heavy atom. The van der Waals surface area contributed by atoms with E-state index in [1.807, 2.05) is 0 Å². The number of hydrogen-bond donors (Lipinski definition) is 2. The number of rotatable bonds is 6. The van der Waals surface area contributed by atoms with Crippen molar-refractivity contribution < 1.29 is 58.4 Å². The van der Waals surface area contributed by atoms with Gasteiger partial charge in [0.15, 0.2) is 0 Å². The summed E-state index contributed by atoms with van der Waals surface area (Å²) in [7, 11) is 5.20. The molecule has 0 unspecified atom stereocenters. The maximum atomic E-state index is 12.8. The summed E-state index contributed by atoms with van der Waals surface area (Å²) in [6, 6.07) is 4.79. The van der Waals surface area contributed by atoms with E-state index in [0.29, 0.717) is 22.8 Å². The topological polar surface area (TPSA) is 132 Å². The van der Waals surface area contributed by atoms with Crippen LogP contribution in [-0.2, 0) is 21.1 Å². The van der Waals surface area contributed by atoms with Crippen LogP contribution in [0, 0.1) is 44.1 Å². The van der Waals surface area contributed by atoms with Gasteiger partial charge in [0.1, 0.15) is 17.7 Å². The van der Waals surface area contributed by atoms with Gasteiger partial charge < -0.3 is 30.1 Å². The third-order valence-electron chi connectivity index (χ3n) is 5.19. The quantitative estimate of drug-likeness (QED) is 0.301. The van der Waals surface area contributed by atoms with Crippen molar-refractivity contribution in [3.05, 3.63) is 84.4 Å². The van der Waals surface area contributed by atoms with Gasteiger partial charge in [-0.1, -0.05) is 0 Å². The Hall–Kier alpha value is -3.36. The Balaban J connectivity index is 0.00000342. The van der Waals surface area contributed by atoms with E-state index in [9.17, 15) is 14.4 Å². The number of imidazole rings is 1. The Kier molecular flexibility index (Phi) is 8.19. The zero-order valence-electron chi connectivity index (χ0n) is 19.4. The molecule has 0 aliphatic rings. The van der Waals surface area contributed by atoms with Crippen LogP contribution in [0.15, 0.2) is 61.6 Å². The van der Waals surface area contributed by atoms with Gasteiger partial charge >= 0.3 is 0 Å². The van der Waals surface area contributed by atoms with Crippen molar-refractivity contribution in [3.8, 4) is 0 Å². The number of hydrogen-bond acceptors (Lipinski definition) is 4. The molecular weight excluding hydrogens is 663 g/mol. The molecule has 0 atom stereocenters. The summed E-state index contributed by atoms with van der Waals surface area (Å²) < 4.78 is 6.32. The predicted octanol–water partition coefficient (Wildman–Crippen LogP) is 3.44. The third-order valence-corrected chi connectivity index (χ3v) is 5.19. The monoisotopic (exact) mass is 686 g/mol. The summed E-state index contributed by atoms with van der Waals surface area (Å²) in [6.45, 7) is 0. The number of allylic oxidation sites excluding steroid dienone is 1. The van der Waals surface area contributed by atoms with Crippen molar-refractivity contribution in [2.24, 2.45) is 21.1 Å². The first-order valence-corrected chi connectivity index (χ1v) is 10.2. The number of carbonyl (C=O) groups is 3. The Morgan fingerprint density at radius 3 is 2.09 bits per heavy atom. The summed E-state index contributed by atoms with van der Waals surface area (Å²) in [5.41, 5.74) is 10.3. The van der Waals surface area contributed by atoms with Gasteiger partial charge in [-0.3, -0.25) is 19.0 Å². The second kappa shape index (κ2) is 10.9. The molecule has 2 amide bonds. The van der Waals surface area contributed by atoms with Crippen LogP contribution in [0.5, 0.6) is 0 Å². The van der Waals surface area contributed by atoms with Crippen LogP contribution < -0.4 is 10.6 Å². The van der Waals surface area contributed by atoms with E-state index in [-0.39, 0.29) is 67.5 Å². The van der Waals surface area contributed by atoms with E-state index < -0.39 is 0 Å². The van der Waals surface area contributed by atoms with E-state index in [1.165, 1.54) is 35.4 Å². The van der Waals surface area contributed by atoms with Crippen molar-refractivity contribution in [1.29, 1.82) is 0 Å². The fourth-order valence-corrected chi connectivity index (χ4v) is 3.49. The molecule has 0 bridgehead atoms. The number of amides is 2. The predicted molar refractivity (Wildman–Crippen MR) is 128 cm³/mol. The third kappa shape index (κ3) is 6.02. The van der Waals surface area contributed by atoms with Crippen LogP contribution >= 0.6 is 0 Å². The minimum Gasteiger partial charge on any atom is -0.697 e. The summed E-state index contributed by atoms with van der Waals surface area (Å²) in [4.78, 5) is 41.3. The van der Waals surface area contributed by atoms with Gasteiger partial charge in [-0.15, -0.1) is 5.69 Å². The van der Waals surface area contributed by atoms with Gasteiger partial charge in [0, 0.05) is 102 Å². The molecule has 0 aliphatic heterocycles. The Morgan fingerprint density at radius 1 is 0.886 bits per heavy atom. The molecular formula is C23H23AcN8O3-. The van der Waals surface area contributed by atoms with Gasteiger partial charge in [0.25, 0.3) is 17.7 Å². The van der Waals surface area contributed by atoms with Crippen molar-refractivity contribution >= 4 is 40.9 Å². The first kappa shape index (κ1) is 26.2. The van der Waals surface area contributed by atoms with E-state index in [1.54, 1.807) is 71.6 Å². The largest absolute Gasteiger partial charge is 0.697 e. The van der Waals surface area contributed by atoms with Gasteiger partial charge in [-0.2, -0.15) is 0 Å². The molecule has 3 N–H and O–H groups in total. The van der Waals surface area contributed by atoms with Gasteiger partial charge in [-0.25, -0.2) is 4.98 Å². The van der Waals surface area contributed by atoms with Crippen LogP contribution in [0.25, 0.3) is 11.8 Å². The number of carbonyl (C=O) groups excluding carboxylic acids is 3. The molecule has 0 spiro atoms. The van der Waals surface area contributed by atoms with Crippen LogP contribution in [-0.4, -0.2) is 41.0 Å². The Labute approximate surface area is 237 Å². The molecule has 0 aliphatic carbocycles. The molecule has 35 heavy (non-hydrogen) atoms. The molecule has 4 aromatic heterocycles. The average molecular weight is 686 g/mol. The van der Waals surface area contributed by atoms with E-state index in [2.05, 4.69) is 15.6 Å². The number of nitrogens with one attached hydrogen (secondary N) is 3. The molecule has 4 aromatic rings. The van der Waals surface area contributed by atoms with E-state index >= 15 is 0 Å². The number of aromatic nitrogens is 5. The number of anilines is 2. The maximum absolute atomic E-state index is 12.8. The van der Waals surface area contributed by atoms with Gasteiger partial charge in [-0.05, 0) is 30.5 Å². The second-order valence-electron chi connectivity index (χ2n) is 7.76. The molecule has 0 aromatic carbocycles. The summed E-state index contributed by atoms with van der Waals surface area (Å²) in [5.74, 6) is -0.966. The molecule has 4 heterocycles. The number of aryl methyl sites for hydroxylation is 3. The Bertz CT molecular complexity index is 1410. The number of nitrogens with zero attached hydrogens (tertiary/aromatic N) is 5. The summed E-state index contributed by atoms with van der Waals surface area (Å²) in [6.07, 6.45) is 12.5. The molecule has 0 fully saturated rings. The standard InChI is InChI=1S/C23H23N8O3.Ac/c1-28-12-16(9-18(28)4-5-21(32)31-7-6-25-14-31)26-23(34)20-10-17(13-30(20)3)27-22(33)19-8-15(24)11-29(19)2;/h4-14,24H,1-3H3,(H,26,34)(H,27,33);/q-1;/b5-4+;. The molecule has 0 saturated heterocycles. The zero-order valence-corrected chi connectivity index (χ0v) is 24.1.